The van der Waals surface area contributed by atoms with Gasteiger partial charge in [0, 0.05) is 17.7 Å². The Balaban J connectivity index is 2.14. The molecular weight excluding hydrogens is 273 g/mol. The summed E-state index contributed by atoms with van der Waals surface area (Å²) in [5.74, 6) is 0.376. The van der Waals surface area contributed by atoms with Gasteiger partial charge in [0.15, 0.2) is 0 Å². The van der Waals surface area contributed by atoms with Crippen molar-refractivity contribution in [3.8, 4) is 0 Å². The van der Waals surface area contributed by atoms with Crippen LogP contribution in [-0.4, -0.2) is 12.3 Å². The van der Waals surface area contributed by atoms with Crippen LogP contribution < -0.4 is 0 Å². The first kappa shape index (κ1) is 15.0. The Bertz CT molecular complexity index is 733. The number of aryl methyl sites for hydroxylation is 2. The van der Waals surface area contributed by atoms with Gasteiger partial charge in [-0.1, -0.05) is 26.0 Å². The van der Waals surface area contributed by atoms with E-state index in [0.29, 0.717) is 17.0 Å². The van der Waals surface area contributed by atoms with Crippen molar-refractivity contribution < 1.29 is 4.39 Å². The van der Waals surface area contributed by atoms with E-state index in [4.69, 9.17) is 4.99 Å². The zero-order valence-electron chi connectivity index (χ0n) is 13.7. The van der Waals surface area contributed by atoms with Gasteiger partial charge in [-0.05, 0) is 66.6 Å². The standard InChI is InChI=1S/C20H22FN/c1-12(2)16-6-5-15-7-8-22-20(18(15)11-16)17-9-13(3)19(21)14(4)10-17/h5-6,9-12H,7-8H2,1-4H3. The molecule has 1 heterocycles. The molecular formula is C20H22FN. The maximum absolute atomic E-state index is 13.9. The number of halogens is 1. The maximum atomic E-state index is 13.9. The van der Waals surface area contributed by atoms with E-state index in [-0.39, 0.29) is 5.82 Å². The molecule has 2 aromatic carbocycles. The number of rotatable bonds is 2. The fourth-order valence-corrected chi connectivity index (χ4v) is 3.09. The van der Waals surface area contributed by atoms with Gasteiger partial charge >= 0.3 is 0 Å². The molecule has 2 aromatic rings. The molecule has 1 aliphatic rings. The second-order valence-corrected chi connectivity index (χ2v) is 6.48. The summed E-state index contributed by atoms with van der Waals surface area (Å²) in [4.78, 5) is 4.75. The number of nitrogens with zero attached hydrogens (tertiary/aromatic N) is 1. The van der Waals surface area contributed by atoms with Crippen LogP contribution in [0.2, 0.25) is 0 Å². The van der Waals surface area contributed by atoms with Crippen LogP contribution in [-0.2, 0) is 6.42 Å². The Hall–Kier alpha value is -1.96. The second kappa shape index (κ2) is 5.68. The Labute approximate surface area is 131 Å². The van der Waals surface area contributed by atoms with E-state index in [1.807, 2.05) is 26.0 Å². The largest absolute Gasteiger partial charge is 0.284 e. The highest BCUT2D eigenvalue weighted by Crippen LogP contribution is 2.26. The topological polar surface area (TPSA) is 12.4 Å². The van der Waals surface area contributed by atoms with Crippen molar-refractivity contribution in [1.29, 1.82) is 0 Å². The summed E-state index contributed by atoms with van der Waals surface area (Å²) in [7, 11) is 0. The van der Waals surface area contributed by atoms with Crippen LogP contribution in [0.1, 0.15) is 53.1 Å². The third kappa shape index (κ3) is 2.58. The molecule has 0 saturated carbocycles. The monoisotopic (exact) mass is 295 g/mol. The van der Waals surface area contributed by atoms with Crippen molar-refractivity contribution in [3.05, 3.63) is 69.5 Å². The first-order valence-electron chi connectivity index (χ1n) is 7.92. The minimum atomic E-state index is -0.115. The molecule has 0 fully saturated rings. The van der Waals surface area contributed by atoms with Crippen LogP contribution in [0.3, 0.4) is 0 Å². The smallest absolute Gasteiger partial charge is 0.129 e. The van der Waals surface area contributed by atoms with Gasteiger partial charge in [0.05, 0.1) is 5.71 Å². The van der Waals surface area contributed by atoms with Crippen LogP contribution in [0.15, 0.2) is 35.3 Å². The number of aliphatic imine (C=N–C) groups is 1. The second-order valence-electron chi connectivity index (χ2n) is 6.48. The minimum Gasteiger partial charge on any atom is -0.284 e. The first-order chi connectivity index (χ1) is 10.5. The molecule has 2 heteroatoms. The number of hydrogen-bond acceptors (Lipinski definition) is 1. The Morgan fingerprint density at radius 1 is 1.05 bits per heavy atom. The van der Waals surface area contributed by atoms with Gasteiger partial charge in [-0.2, -0.15) is 0 Å². The summed E-state index contributed by atoms with van der Waals surface area (Å²) in [5.41, 5.74) is 7.28. The van der Waals surface area contributed by atoms with Crippen LogP contribution in [0, 0.1) is 19.7 Å². The first-order valence-corrected chi connectivity index (χ1v) is 7.92. The number of benzene rings is 2. The zero-order chi connectivity index (χ0) is 15.9. The highest BCUT2D eigenvalue weighted by atomic mass is 19.1. The molecule has 0 atom stereocenters. The summed E-state index contributed by atoms with van der Waals surface area (Å²) >= 11 is 0. The molecule has 3 rings (SSSR count). The maximum Gasteiger partial charge on any atom is 0.129 e. The van der Waals surface area contributed by atoms with Gasteiger partial charge in [-0.15, -0.1) is 0 Å². The highest BCUT2D eigenvalue weighted by Gasteiger charge is 2.18. The Morgan fingerprint density at radius 3 is 2.36 bits per heavy atom. The molecule has 0 amide bonds. The molecule has 0 bridgehead atoms. The average molecular weight is 295 g/mol. The van der Waals surface area contributed by atoms with E-state index in [1.165, 1.54) is 16.7 Å². The van der Waals surface area contributed by atoms with Crippen molar-refractivity contribution >= 4 is 5.71 Å². The fraction of sp³-hybridized carbons (Fsp3) is 0.350. The van der Waals surface area contributed by atoms with E-state index >= 15 is 0 Å². The lowest BCUT2D eigenvalue weighted by Crippen LogP contribution is -2.15. The molecule has 22 heavy (non-hydrogen) atoms. The van der Waals surface area contributed by atoms with Gasteiger partial charge in [0.25, 0.3) is 0 Å². The van der Waals surface area contributed by atoms with Crippen LogP contribution >= 0.6 is 0 Å². The zero-order valence-corrected chi connectivity index (χ0v) is 13.7. The summed E-state index contributed by atoms with van der Waals surface area (Å²) < 4.78 is 13.9. The van der Waals surface area contributed by atoms with Crippen LogP contribution in [0.25, 0.3) is 0 Å². The number of fused-ring (bicyclic) bond motifs is 1. The SMILES string of the molecule is Cc1cc(C2=NCCc3ccc(C(C)C)cc32)cc(C)c1F. The summed E-state index contributed by atoms with van der Waals surface area (Å²) in [6, 6.07) is 10.5. The summed E-state index contributed by atoms with van der Waals surface area (Å²) in [6.07, 6.45) is 0.983. The molecule has 114 valence electrons. The van der Waals surface area contributed by atoms with Crippen molar-refractivity contribution in [2.24, 2.45) is 4.99 Å². The van der Waals surface area contributed by atoms with Crippen molar-refractivity contribution in [3.63, 3.8) is 0 Å². The lowest BCUT2D eigenvalue weighted by molar-refractivity contribution is 0.609. The lowest BCUT2D eigenvalue weighted by atomic mass is 9.88. The van der Waals surface area contributed by atoms with Crippen molar-refractivity contribution in [2.75, 3.05) is 6.54 Å². The van der Waals surface area contributed by atoms with Crippen LogP contribution in [0.4, 0.5) is 4.39 Å². The van der Waals surface area contributed by atoms with E-state index in [2.05, 4.69) is 32.0 Å². The molecule has 0 unspecified atom stereocenters. The summed E-state index contributed by atoms with van der Waals surface area (Å²) in [6.45, 7) is 8.85. The van der Waals surface area contributed by atoms with E-state index in [0.717, 1.165) is 24.2 Å². The predicted molar refractivity (Wildman–Crippen MR) is 90.6 cm³/mol. The molecule has 1 nitrogen and oxygen atoms in total. The van der Waals surface area contributed by atoms with E-state index < -0.39 is 0 Å². The normalized spacial score (nSPS) is 14.0. The third-order valence-corrected chi connectivity index (χ3v) is 4.42. The Morgan fingerprint density at radius 2 is 1.73 bits per heavy atom. The minimum absolute atomic E-state index is 0.115. The third-order valence-electron chi connectivity index (χ3n) is 4.42. The number of hydrogen-bond donors (Lipinski definition) is 0. The molecule has 0 radical (unpaired) electrons. The predicted octanol–water partition coefficient (Wildman–Crippen LogP) is 4.96. The van der Waals surface area contributed by atoms with Gasteiger partial charge in [-0.3, -0.25) is 4.99 Å². The van der Waals surface area contributed by atoms with Crippen molar-refractivity contribution in [1.82, 2.24) is 0 Å². The summed E-state index contributed by atoms with van der Waals surface area (Å²) in [5, 5.41) is 0. The molecule has 0 aliphatic carbocycles. The van der Waals surface area contributed by atoms with E-state index in [1.54, 1.807) is 0 Å². The van der Waals surface area contributed by atoms with E-state index in [9.17, 15) is 4.39 Å². The van der Waals surface area contributed by atoms with Gasteiger partial charge in [0.2, 0.25) is 0 Å². The lowest BCUT2D eigenvalue weighted by Gasteiger charge is -2.20. The van der Waals surface area contributed by atoms with Gasteiger partial charge in [0.1, 0.15) is 5.82 Å². The fourth-order valence-electron chi connectivity index (χ4n) is 3.09. The average Bonchev–Trinajstić information content (AvgIpc) is 2.51. The van der Waals surface area contributed by atoms with Gasteiger partial charge in [-0.25, -0.2) is 4.39 Å². The molecule has 0 N–H and O–H groups in total. The van der Waals surface area contributed by atoms with Crippen molar-refractivity contribution in [2.45, 2.75) is 40.0 Å². The molecule has 0 spiro atoms. The van der Waals surface area contributed by atoms with Gasteiger partial charge < -0.3 is 0 Å². The molecule has 0 aromatic heterocycles. The quantitative estimate of drug-likeness (QED) is 0.742. The Kier molecular flexibility index (Phi) is 3.86. The molecule has 1 aliphatic heterocycles. The highest BCUT2D eigenvalue weighted by molar-refractivity contribution is 6.14. The van der Waals surface area contributed by atoms with Crippen LogP contribution in [0.5, 0.6) is 0 Å². The molecule has 0 saturated heterocycles.